The fourth-order valence-corrected chi connectivity index (χ4v) is 3.80. The van der Waals surface area contributed by atoms with Crippen LogP contribution >= 0.6 is 11.6 Å². The molecule has 1 amide bonds. The summed E-state index contributed by atoms with van der Waals surface area (Å²) in [6.45, 7) is 6.66. The maximum Gasteiger partial charge on any atom is 0.254 e. The first kappa shape index (κ1) is 23.1. The van der Waals surface area contributed by atoms with Crippen LogP contribution in [0.2, 0.25) is 5.02 Å². The van der Waals surface area contributed by atoms with Gasteiger partial charge in [0.1, 0.15) is 0 Å². The van der Waals surface area contributed by atoms with Gasteiger partial charge in [0.15, 0.2) is 5.96 Å². The zero-order valence-electron chi connectivity index (χ0n) is 18.4. The Morgan fingerprint density at radius 1 is 1.03 bits per heavy atom. The van der Waals surface area contributed by atoms with E-state index in [-0.39, 0.29) is 18.1 Å². The van der Waals surface area contributed by atoms with Gasteiger partial charge < -0.3 is 20.3 Å². The lowest BCUT2D eigenvalue weighted by atomic mass is 10.1. The summed E-state index contributed by atoms with van der Waals surface area (Å²) in [7, 11) is 1.75. The number of nitrogens with one attached hydrogen (secondary N) is 2. The monoisotopic (exact) mass is 442 g/mol. The van der Waals surface area contributed by atoms with Gasteiger partial charge in [-0.2, -0.15) is 0 Å². The van der Waals surface area contributed by atoms with Gasteiger partial charge in [0, 0.05) is 43.8 Å². The Morgan fingerprint density at radius 2 is 1.65 bits per heavy atom. The summed E-state index contributed by atoms with van der Waals surface area (Å²) in [6.07, 6.45) is 1.01. The molecule has 0 aliphatic carbocycles. The first-order chi connectivity index (χ1) is 14.9. The molecule has 2 aromatic carbocycles. The van der Waals surface area contributed by atoms with E-state index in [0.717, 1.165) is 29.5 Å². The molecule has 2 unspecified atom stereocenters. The Balaban J connectivity index is 1.46. The summed E-state index contributed by atoms with van der Waals surface area (Å²) in [5, 5.41) is 7.37. The third-order valence-electron chi connectivity index (χ3n) is 5.21. The molecule has 3 rings (SSSR count). The number of amides is 1. The molecular formula is C24H31ClN4O2. The SMILES string of the molecule is CN=C(NCCc1ccc(Cl)cc1)NCc1ccc(C(=O)N2CC(C)OC(C)C2)cc1. The summed E-state index contributed by atoms with van der Waals surface area (Å²) in [5.74, 6) is 0.798. The van der Waals surface area contributed by atoms with Crippen LogP contribution in [0.25, 0.3) is 0 Å². The van der Waals surface area contributed by atoms with E-state index in [2.05, 4.69) is 15.6 Å². The quantitative estimate of drug-likeness (QED) is 0.530. The highest BCUT2D eigenvalue weighted by molar-refractivity contribution is 6.30. The Bertz CT molecular complexity index is 873. The van der Waals surface area contributed by atoms with E-state index in [1.165, 1.54) is 5.56 Å². The van der Waals surface area contributed by atoms with Gasteiger partial charge in [-0.15, -0.1) is 0 Å². The van der Waals surface area contributed by atoms with Crippen molar-refractivity contribution in [2.75, 3.05) is 26.7 Å². The van der Waals surface area contributed by atoms with Crippen molar-refractivity contribution >= 4 is 23.5 Å². The van der Waals surface area contributed by atoms with Crippen molar-refractivity contribution < 1.29 is 9.53 Å². The number of hydrogen-bond acceptors (Lipinski definition) is 3. The maximum atomic E-state index is 12.8. The van der Waals surface area contributed by atoms with Crippen LogP contribution in [0.3, 0.4) is 0 Å². The summed E-state index contributed by atoms with van der Waals surface area (Å²) in [4.78, 5) is 18.9. The van der Waals surface area contributed by atoms with Crippen molar-refractivity contribution in [3.63, 3.8) is 0 Å². The lowest BCUT2D eigenvalue weighted by Gasteiger charge is -2.35. The number of guanidine groups is 1. The molecule has 6 nitrogen and oxygen atoms in total. The van der Waals surface area contributed by atoms with Crippen molar-refractivity contribution in [1.82, 2.24) is 15.5 Å². The highest BCUT2D eigenvalue weighted by Crippen LogP contribution is 2.15. The van der Waals surface area contributed by atoms with Crippen LogP contribution in [-0.2, 0) is 17.7 Å². The number of halogens is 1. The molecule has 0 radical (unpaired) electrons. The smallest absolute Gasteiger partial charge is 0.254 e. The normalized spacial score (nSPS) is 19.2. The number of hydrogen-bond donors (Lipinski definition) is 2. The second kappa shape index (κ2) is 11.2. The minimum Gasteiger partial charge on any atom is -0.372 e. The Kier molecular flexibility index (Phi) is 8.32. The molecule has 7 heteroatoms. The van der Waals surface area contributed by atoms with Crippen molar-refractivity contribution in [1.29, 1.82) is 0 Å². The van der Waals surface area contributed by atoms with Gasteiger partial charge in [-0.3, -0.25) is 9.79 Å². The maximum absolute atomic E-state index is 12.8. The zero-order chi connectivity index (χ0) is 22.2. The molecule has 2 aromatic rings. The van der Waals surface area contributed by atoms with E-state index >= 15 is 0 Å². The van der Waals surface area contributed by atoms with Gasteiger partial charge in [0.2, 0.25) is 0 Å². The summed E-state index contributed by atoms with van der Waals surface area (Å²) in [5.41, 5.74) is 3.01. The van der Waals surface area contributed by atoms with Crippen LogP contribution < -0.4 is 10.6 Å². The van der Waals surface area contributed by atoms with E-state index in [0.29, 0.717) is 25.2 Å². The number of rotatable bonds is 6. The van der Waals surface area contributed by atoms with Crippen LogP contribution in [0.4, 0.5) is 0 Å². The summed E-state index contributed by atoms with van der Waals surface area (Å²) >= 11 is 5.93. The molecule has 0 spiro atoms. The van der Waals surface area contributed by atoms with Gasteiger partial charge in [-0.1, -0.05) is 35.9 Å². The third-order valence-corrected chi connectivity index (χ3v) is 5.46. The fourth-order valence-electron chi connectivity index (χ4n) is 3.67. The minimum absolute atomic E-state index is 0.0567. The average molecular weight is 443 g/mol. The highest BCUT2D eigenvalue weighted by Gasteiger charge is 2.26. The summed E-state index contributed by atoms with van der Waals surface area (Å²) in [6, 6.07) is 15.6. The first-order valence-electron chi connectivity index (χ1n) is 10.7. The van der Waals surface area contributed by atoms with E-state index < -0.39 is 0 Å². The first-order valence-corrected chi connectivity index (χ1v) is 11.0. The minimum atomic E-state index is 0.0567. The van der Waals surface area contributed by atoms with Gasteiger partial charge in [-0.05, 0) is 55.7 Å². The predicted octanol–water partition coefficient (Wildman–Crippen LogP) is 3.50. The number of carbonyl (C=O) groups is 1. The number of benzene rings is 2. The molecule has 0 saturated carbocycles. The summed E-state index contributed by atoms with van der Waals surface area (Å²) < 4.78 is 5.72. The molecule has 2 N–H and O–H groups in total. The topological polar surface area (TPSA) is 66.0 Å². The number of ether oxygens (including phenoxy) is 1. The Hall–Kier alpha value is -2.57. The second-order valence-electron chi connectivity index (χ2n) is 7.89. The van der Waals surface area contributed by atoms with Crippen LogP contribution in [-0.4, -0.2) is 55.7 Å². The number of carbonyl (C=O) groups excluding carboxylic acids is 1. The van der Waals surface area contributed by atoms with Crippen molar-refractivity contribution in [2.24, 2.45) is 4.99 Å². The van der Waals surface area contributed by atoms with E-state index in [9.17, 15) is 4.79 Å². The lowest BCUT2D eigenvalue weighted by molar-refractivity contribution is -0.0586. The van der Waals surface area contributed by atoms with Crippen LogP contribution in [0.15, 0.2) is 53.5 Å². The van der Waals surface area contributed by atoms with Gasteiger partial charge in [0.05, 0.1) is 12.2 Å². The van der Waals surface area contributed by atoms with Crippen LogP contribution in [0, 0.1) is 0 Å². The molecular weight excluding hydrogens is 412 g/mol. The largest absolute Gasteiger partial charge is 0.372 e. The van der Waals surface area contributed by atoms with E-state index in [1.807, 2.05) is 67.3 Å². The Labute approximate surface area is 189 Å². The molecule has 1 aliphatic heterocycles. The van der Waals surface area contributed by atoms with Crippen molar-refractivity contribution in [3.05, 3.63) is 70.2 Å². The highest BCUT2D eigenvalue weighted by atomic mass is 35.5. The number of aliphatic imine (C=N–C) groups is 1. The van der Waals surface area contributed by atoms with Gasteiger partial charge in [0.25, 0.3) is 5.91 Å². The Morgan fingerprint density at radius 3 is 2.26 bits per heavy atom. The predicted molar refractivity (Wildman–Crippen MR) is 126 cm³/mol. The third kappa shape index (κ3) is 6.97. The van der Waals surface area contributed by atoms with E-state index in [1.54, 1.807) is 7.05 Å². The molecule has 1 fully saturated rings. The van der Waals surface area contributed by atoms with Crippen molar-refractivity contribution in [3.8, 4) is 0 Å². The zero-order valence-corrected chi connectivity index (χ0v) is 19.2. The molecule has 0 bridgehead atoms. The average Bonchev–Trinajstić information content (AvgIpc) is 2.76. The molecule has 1 saturated heterocycles. The number of nitrogens with zero attached hydrogens (tertiary/aromatic N) is 2. The molecule has 31 heavy (non-hydrogen) atoms. The van der Waals surface area contributed by atoms with Gasteiger partial charge >= 0.3 is 0 Å². The number of morpholine rings is 1. The van der Waals surface area contributed by atoms with Crippen LogP contribution in [0.1, 0.15) is 35.3 Å². The molecule has 2 atom stereocenters. The fraction of sp³-hybridized carbons (Fsp3) is 0.417. The van der Waals surface area contributed by atoms with Crippen LogP contribution in [0.5, 0.6) is 0 Å². The molecule has 1 heterocycles. The van der Waals surface area contributed by atoms with E-state index in [4.69, 9.17) is 16.3 Å². The van der Waals surface area contributed by atoms with Gasteiger partial charge in [-0.25, -0.2) is 0 Å². The molecule has 0 aromatic heterocycles. The standard InChI is InChI=1S/C24H31ClN4O2/c1-17-15-29(16-18(2)31-17)23(30)21-8-4-20(5-9-21)14-28-24(26-3)27-13-12-19-6-10-22(25)11-7-19/h4-11,17-18H,12-16H2,1-3H3,(H2,26,27,28). The second-order valence-corrected chi connectivity index (χ2v) is 8.33. The molecule has 1 aliphatic rings. The van der Waals surface area contributed by atoms with Crippen molar-refractivity contribution in [2.45, 2.75) is 39.0 Å². The lowest BCUT2D eigenvalue weighted by Crippen LogP contribution is -2.48. The molecule has 166 valence electrons.